The largest absolute Gasteiger partial charge is 0.493 e. The number of nitro groups is 1. The molecule has 1 fully saturated rings. The fourth-order valence-corrected chi connectivity index (χ4v) is 3.47. The van der Waals surface area contributed by atoms with Gasteiger partial charge in [-0.15, -0.1) is 0 Å². The molecule has 1 saturated carbocycles. The van der Waals surface area contributed by atoms with Crippen LogP contribution in [0.2, 0.25) is 0 Å². The van der Waals surface area contributed by atoms with Crippen molar-refractivity contribution < 1.29 is 19.2 Å². The molecule has 7 heteroatoms. The summed E-state index contributed by atoms with van der Waals surface area (Å²) in [6.45, 7) is 4.56. The second kappa shape index (κ2) is 8.94. The van der Waals surface area contributed by atoms with Crippen LogP contribution < -0.4 is 9.47 Å². The Morgan fingerprint density at radius 1 is 1.24 bits per heavy atom. The van der Waals surface area contributed by atoms with Crippen LogP contribution in [-0.2, 0) is 6.54 Å². The zero-order valence-electron chi connectivity index (χ0n) is 17.0. The second-order valence-corrected chi connectivity index (χ2v) is 7.21. The van der Waals surface area contributed by atoms with Crippen LogP contribution in [0.4, 0.5) is 5.69 Å². The minimum Gasteiger partial charge on any atom is -0.493 e. The molecule has 0 aliphatic heterocycles. The molecule has 2 aromatic rings. The normalized spacial score (nSPS) is 14.2. The molecule has 0 heterocycles. The van der Waals surface area contributed by atoms with Gasteiger partial charge in [-0.1, -0.05) is 30.3 Å². The molecule has 1 aliphatic rings. The third-order valence-corrected chi connectivity index (χ3v) is 5.26. The van der Waals surface area contributed by atoms with Crippen molar-refractivity contribution in [2.24, 2.45) is 5.92 Å². The molecule has 1 unspecified atom stereocenters. The van der Waals surface area contributed by atoms with Crippen LogP contribution in [0.3, 0.4) is 0 Å². The van der Waals surface area contributed by atoms with Gasteiger partial charge in [0.2, 0.25) is 0 Å². The van der Waals surface area contributed by atoms with E-state index in [-0.39, 0.29) is 28.9 Å². The number of nitrogens with zero attached hydrogens (tertiary/aromatic N) is 2. The molecular weight excluding hydrogens is 372 g/mol. The van der Waals surface area contributed by atoms with E-state index in [0.717, 1.165) is 18.4 Å². The number of carbonyl (C=O) groups is 1. The summed E-state index contributed by atoms with van der Waals surface area (Å²) < 4.78 is 10.8. The summed E-state index contributed by atoms with van der Waals surface area (Å²) in [5.41, 5.74) is 0.716. The Hall–Kier alpha value is -3.09. The van der Waals surface area contributed by atoms with Crippen molar-refractivity contribution in [2.75, 3.05) is 13.7 Å². The van der Waals surface area contributed by atoms with Crippen molar-refractivity contribution in [3.05, 3.63) is 63.7 Å². The quantitative estimate of drug-likeness (QED) is 0.461. The molecular formula is C22H26N2O5. The molecule has 2 aromatic carbocycles. The van der Waals surface area contributed by atoms with Crippen LogP contribution in [0, 0.1) is 16.0 Å². The highest BCUT2D eigenvalue weighted by Gasteiger charge is 2.37. The van der Waals surface area contributed by atoms with Gasteiger partial charge in [0, 0.05) is 18.7 Å². The van der Waals surface area contributed by atoms with E-state index in [4.69, 9.17) is 9.47 Å². The smallest absolute Gasteiger partial charge is 0.286 e. The molecule has 0 saturated heterocycles. The van der Waals surface area contributed by atoms with E-state index in [1.807, 2.05) is 37.3 Å². The van der Waals surface area contributed by atoms with Crippen LogP contribution in [0.1, 0.15) is 42.6 Å². The molecule has 1 atom stereocenters. The van der Waals surface area contributed by atoms with Crippen molar-refractivity contribution in [3.8, 4) is 11.5 Å². The zero-order chi connectivity index (χ0) is 21.0. The van der Waals surface area contributed by atoms with Gasteiger partial charge >= 0.3 is 0 Å². The standard InChI is InChI=1S/C22H26N2O5/c1-4-29-21-12-18(19(24(26)27)13-20(21)28-3)22(25)23(15(2)17-10-11-17)14-16-8-6-5-7-9-16/h5-9,12-13,15,17H,4,10-11,14H2,1-3H3. The molecule has 1 aliphatic carbocycles. The van der Waals surface area contributed by atoms with Crippen molar-refractivity contribution in [1.29, 1.82) is 0 Å². The molecule has 0 bridgehead atoms. The van der Waals surface area contributed by atoms with Gasteiger partial charge in [-0.2, -0.15) is 0 Å². The molecule has 1 amide bonds. The van der Waals surface area contributed by atoms with Gasteiger partial charge in [0.05, 0.1) is 24.7 Å². The number of hydrogen-bond donors (Lipinski definition) is 0. The van der Waals surface area contributed by atoms with Crippen LogP contribution >= 0.6 is 0 Å². The maximum atomic E-state index is 13.5. The van der Waals surface area contributed by atoms with Crippen LogP contribution in [0.25, 0.3) is 0 Å². The van der Waals surface area contributed by atoms with E-state index in [1.54, 1.807) is 11.8 Å². The number of methoxy groups -OCH3 is 1. The first-order valence-electron chi connectivity index (χ1n) is 9.80. The molecule has 29 heavy (non-hydrogen) atoms. The summed E-state index contributed by atoms with van der Waals surface area (Å²) >= 11 is 0. The van der Waals surface area contributed by atoms with Crippen LogP contribution in [0.15, 0.2) is 42.5 Å². The molecule has 154 valence electrons. The Morgan fingerprint density at radius 3 is 2.48 bits per heavy atom. The monoisotopic (exact) mass is 398 g/mol. The maximum Gasteiger partial charge on any atom is 0.286 e. The lowest BCUT2D eigenvalue weighted by Crippen LogP contribution is -2.39. The topological polar surface area (TPSA) is 81.9 Å². The van der Waals surface area contributed by atoms with Crippen LogP contribution in [0.5, 0.6) is 11.5 Å². The fourth-order valence-electron chi connectivity index (χ4n) is 3.47. The van der Waals surface area contributed by atoms with Crippen LogP contribution in [-0.4, -0.2) is 35.5 Å². The molecule has 3 rings (SSSR count). The number of carbonyl (C=O) groups excluding carboxylic acids is 1. The molecule has 0 aromatic heterocycles. The lowest BCUT2D eigenvalue weighted by atomic mass is 10.1. The maximum absolute atomic E-state index is 13.5. The fraction of sp³-hybridized carbons (Fsp3) is 0.409. The summed E-state index contributed by atoms with van der Waals surface area (Å²) in [5.74, 6) is 0.609. The highest BCUT2D eigenvalue weighted by atomic mass is 16.6. The minimum absolute atomic E-state index is 0.0139. The number of rotatable bonds is 9. The molecule has 7 nitrogen and oxygen atoms in total. The highest BCUT2D eigenvalue weighted by molar-refractivity contribution is 5.99. The average Bonchev–Trinajstić information content (AvgIpc) is 3.57. The average molecular weight is 398 g/mol. The van der Waals surface area contributed by atoms with Crippen molar-refractivity contribution in [3.63, 3.8) is 0 Å². The molecule has 0 radical (unpaired) electrons. The third-order valence-electron chi connectivity index (χ3n) is 5.26. The Bertz CT molecular complexity index is 880. The van der Waals surface area contributed by atoms with Gasteiger partial charge in [-0.05, 0) is 38.2 Å². The van der Waals surface area contributed by atoms with Gasteiger partial charge in [-0.25, -0.2) is 0 Å². The van der Waals surface area contributed by atoms with Gasteiger partial charge < -0.3 is 14.4 Å². The van der Waals surface area contributed by atoms with E-state index < -0.39 is 4.92 Å². The predicted molar refractivity (Wildman–Crippen MR) is 109 cm³/mol. The van der Waals surface area contributed by atoms with E-state index >= 15 is 0 Å². The van der Waals surface area contributed by atoms with E-state index in [1.165, 1.54) is 19.2 Å². The SMILES string of the molecule is CCOc1cc(C(=O)N(Cc2ccccc2)C(C)C2CC2)c([N+](=O)[O-])cc1OC. The summed E-state index contributed by atoms with van der Waals surface area (Å²) in [7, 11) is 1.42. The predicted octanol–water partition coefficient (Wildman–Crippen LogP) is 4.44. The first-order valence-corrected chi connectivity index (χ1v) is 9.80. The number of benzene rings is 2. The summed E-state index contributed by atoms with van der Waals surface area (Å²) in [6.07, 6.45) is 2.13. The summed E-state index contributed by atoms with van der Waals surface area (Å²) in [6, 6.07) is 12.3. The van der Waals surface area contributed by atoms with E-state index in [9.17, 15) is 14.9 Å². The third kappa shape index (κ3) is 4.67. The van der Waals surface area contributed by atoms with Gasteiger partial charge in [-0.3, -0.25) is 14.9 Å². The Balaban J connectivity index is 2.03. The first kappa shape index (κ1) is 20.6. The first-order chi connectivity index (χ1) is 14.0. The number of ether oxygens (including phenoxy) is 2. The number of amides is 1. The van der Waals surface area contributed by atoms with Gasteiger partial charge in [0.15, 0.2) is 11.5 Å². The Labute approximate surface area is 170 Å². The lowest BCUT2D eigenvalue weighted by molar-refractivity contribution is -0.385. The Morgan fingerprint density at radius 2 is 1.93 bits per heavy atom. The van der Waals surface area contributed by atoms with Crippen molar-refractivity contribution in [1.82, 2.24) is 4.90 Å². The highest BCUT2D eigenvalue weighted by Crippen LogP contribution is 2.39. The second-order valence-electron chi connectivity index (χ2n) is 7.21. The summed E-state index contributed by atoms with van der Waals surface area (Å²) in [4.78, 5) is 26.4. The summed E-state index contributed by atoms with van der Waals surface area (Å²) in [5, 5.41) is 11.7. The number of hydrogen-bond acceptors (Lipinski definition) is 5. The molecule has 0 spiro atoms. The van der Waals surface area contributed by atoms with E-state index in [0.29, 0.717) is 24.8 Å². The lowest BCUT2D eigenvalue weighted by Gasteiger charge is -2.30. The molecule has 0 N–H and O–H groups in total. The van der Waals surface area contributed by atoms with Gasteiger partial charge in [0.25, 0.3) is 11.6 Å². The zero-order valence-corrected chi connectivity index (χ0v) is 17.0. The van der Waals surface area contributed by atoms with E-state index in [2.05, 4.69) is 0 Å². The Kier molecular flexibility index (Phi) is 6.36. The van der Waals surface area contributed by atoms with Crippen molar-refractivity contribution >= 4 is 11.6 Å². The van der Waals surface area contributed by atoms with Crippen molar-refractivity contribution in [2.45, 2.75) is 39.3 Å². The number of nitro benzene ring substituents is 1. The van der Waals surface area contributed by atoms with Gasteiger partial charge in [0.1, 0.15) is 5.56 Å². The minimum atomic E-state index is -0.548.